The number of rotatable bonds is 10. The number of nitrogens with zero attached hydrogens (tertiary/aromatic N) is 1. The molecule has 6 rings (SSSR count). The molecule has 6 nitrogen and oxygen atoms in total. The zero-order valence-electron chi connectivity index (χ0n) is 27.8. The maximum atomic E-state index is 13.1. The molecular weight excluding hydrogens is 548 g/mol. The summed E-state index contributed by atoms with van der Waals surface area (Å²) in [6.45, 7) is 12.4. The maximum Gasteiger partial charge on any atom is 0.220 e. The summed E-state index contributed by atoms with van der Waals surface area (Å²) < 4.78 is 1.12. The molecule has 0 bridgehead atoms. The highest BCUT2D eigenvalue weighted by Gasteiger charge is 2.65. The molecule has 11 atom stereocenters. The van der Waals surface area contributed by atoms with Crippen LogP contribution in [0.3, 0.4) is 0 Å². The lowest BCUT2D eigenvalue weighted by Gasteiger charge is -2.63. The molecule has 5 fully saturated rings. The molecule has 1 saturated heterocycles. The molecular formula is C38H61N2O4+. The fourth-order valence-electron chi connectivity index (χ4n) is 11.8. The number of fused-ring (bicyclic) bond motifs is 5. The van der Waals surface area contributed by atoms with Gasteiger partial charge in [-0.15, -0.1) is 0 Å². The molecule has 1 amide bonds. The Morgan fingerprint density at radius 2 is 1.73 bits per heavy atom. The number of likely N-dealkylation sites (tertiary alicyclic amines) is 1. The predicted molar refractivity (Wildman–Crippen MR) is 175 cm³/mol. The standard InChI is InChI=1S/C38H60N2O4/c1-26(11-14-35(44)39-18-22-40(19-7-8-20-40)21-16-27-9-5-4-6-10-27)30-12-13-31-36-32(25-34(43)38(30,31)3)37(2)17-15-29(41)23-28(37)24-33(36)42/h4-6,9-10,26,28-34,36,41-43H,7-8,11-25H2,1-3H3/p+1/t26-,28?,29-,30-,31?,32?,33-,34+,36?,37+,38-/m1/s1. The van der Waals surface area contributed by atoms with Crippen molar-refractivity contribution in [2.75, 3.05) is 32.7 Å². The van der Waals surface area contributed by atoms with Gasteiger partial charge in [0.2, 0.25) is 5.91 Å². The summed E-state index contributed by atoms with van der Waals surface area (Å²) in [6, 6.07) is 10.8. The molecule has 4 aliphatic carbocycles. The summed E-state index contributed by atoms with van der Waals surface area (Å²) in [7, 11) is 0. The third-order valence-corrected chi connectivity index (χ3v) is 14.5. The maximum absolute atomic E-state index is 13.1. The van der Waals surface area contributed by atoms with Crippen molar-refractivity contribution in [3.8, 4) is 0 Å². The highest BCUT2D eigenvalue weighted by atomic mass is 16.3. The molecule has 5 aliphatic rings. The van der Waals surface area contributed by atoms with Crippen LogP contribution in [0.1, 0.15) is 97.0 Å². The van der Waals surface area contributed by atoms with Crippen LogP contribution in [-0.4, -0.2) is 76.7 Å². The predicted octanol–water partition coefficient (Wildman–Crippen LogP) is 5.33. The summed E-state index contributed by atoms with van der Waals surface area (Å²) >= 11 is 0. The number of nitrogens with one attached hydrogen (secondary N) is 1. The minimum Gasteiger partial charge on any atom is -0.393 e. The lowest BCUT2D eigenvalue weighted by Crippen LogP contribution is -2.62. The molecule has 1 heterocycles. The van der Waals surface area contributed by atoms with Crippen LogP contribution in [0.15, 0.2) is 30.3 Å². The van der Waals surface area contributed by atoms with E-state index in [-0.39, 0.29) is 41.0 Å². The first-order chi connectivity index (χ1) is 21.1. The van der Waals surface area contributed by atoms with Crippen molar-refractivity contribution in [2.45, 2.75) is 116 Å². The first kappa shape index (κ1) is 32.5. The van der Waals surface area contributed by atoms with Crippen LogP contribution in [-0.2, 0) is 11.2 Å². The minimum absolute atomic E-state index is 0.102. The van der Waals surface area contributed by atoms with E-state index in [2.05, 4.69) is 56.4 Å². The summed E-state index contributed by atoms with van der Waals surface area (Å²) in [4.78, 5) is 13.1. The largest absolute Gasteiger partial charge is 0.393 e. The van der Waals surface area contributed by atoms with Gasteiger partial charge >= 0.3 is 0 Å². The van der Waals surface area contributed by atoms with Gasteiger partial charge in [-0.05, 0) is 103 Å². The number of aliphatic hydroxyl groups excluding tert-OH is 3. The molecule has 0 spiro atoms. The molecule has 0 aromatic heterocycles. The number of hydrogen-bond donors (Lipinski definition) is 4. The fourth-order valence-corrected chi connectivity index (χ4v) is 11.8. The Hall–Kier alpha value is -1.47. The lowest BCUT2D eigenvalue weighted by atomic mass is 9.43. The van der Waals surface area contributed by atoms with Crippen LogP contribution in [0.25, 0.3) is 0 Å². The van der Waals surface area contributed by atoms with Gasteiger partial charge in [0, 0.05) is 25.7 Å². The van der Waals surface area contributed by atoms with Gasteiger partial charge < -0.3 is 25.1 Å². The van der Waals surface area contributed by atoms with Crippen molar-refractivity contribution in [2.24, 2.45) is 46.3 Å². The van der Waals surface area contributed by atoms with Crippen molar-refractivity contribution in [1.82, 2.24) is 5.32 Å². The molecule has 4 unspecified atom stereocenters. The quantitative estimate of drug-likeness (QED) is 0.270. The summed E-state index contributed by atoms with van der Waals surface area (Å²) in [6.07, 6.45) is 10.5. The SMILES string of the molecule is C[C@H](CCC(=O)NCC[N+]1(CCc2ccccc2)CCCC1)[C@H]1CCC2C3C(C[C@H](O)[C@@]21C)[C@@]1(C)CC[C@@H](O)CC1C[C@H]3O. The Kier molecular flexibility index (Phi) is 9.57. The lowest BCUT2D eigenvalue weighted by molar-refractivity contribution is -0.915. The highest BCUT2D eigenvalue weighted by molar-refractivity contribution is 5.75. The molecule has 1 aromatic rings. The Morgan fingerprint density at radius 1 is 0.977 bits per heavy atom. The third kappa shape index (κ3) is 6.02. The monoisotopic (exact) mass is 609 g/mol. The van der Waals surface area contributed by atoms with Gasteiger partial charge in [-0.25, -0.2) is 0 Å². The van der Waals surface area contributed by atoms with Gasteiger partial charge in [0.25, 0.3) is 0 Å². The van der Waals surface area contributed by atoms with E-state index in [0.717, 1.165) is 81.9 Å². The number of amides is 1. The first-order valence-electron chi connectivity index (χ1n) is 18.3. The van der Waals surface area contributed by atoms with Crippen molar-refractivity contribution >= 4 is 5.91 Å². The molecule has 44 heavy (non-hydrogen) atoms. The smallest absolute Gasteiger partial charge is 0.220 e. The van der Waals surface area contributed by atoms with Crippen LogP contribution >= 0.6 is 0 Å². The van der Waals surface area contributed by atoms with Gasteiger partial charge in [0.15, 0.2) is 0 Å². The van der Waals surface area contributed by atoms with Gasteiger partial charge in [-0.3, -0.25) is 4.79 Å². The number of carbonyl (C=O) groups is 1. The van der Waals surface area contributed by atoms with Crippen molar-refractivity contribution < 1.29 is 24.6 Å². The molecule has 1 aromatic carbocycles. The van der Waals surface area contributed by atoms with Crippen molar-refractivity contribution in [3.05, 3.63) is 35.9 Å². The van der Waals surface area contributed by atoms with E-state index < -0.39 is 0 Å². The molecule has 0 radical (unpaired) electrons. The van der Waals surface area contributed by atoms with Gasteiger partial charge in [0.1, 0.15) is 0 Å². The number of carbonyl (C=O) groups excluding carboxylic acids is 1. The Balaban J connectivity index is 1.02. The molecule has 6 heteroatoms. The Morgan fingerprint density at radius 3 is 2.48 bits per heavy atom. The van der Waals surface area contributed by atoms with E-state index in [1.807, 2.05) is 0 Å². The van der Waals surface area contributed by atoms with Crippen molar-refractivity contribution in [3.63, 3.8) is 0 Å². The second kappa shape index (κ2) is 13.0. The van der Waals surface area contributed by atoms with E-state index >= 15 is 0 Å². The van der Waals surface area contributed by atoms with E-state index in [4.69, 9.17) is 0 Å². The Labute approximate surface area is 266 Å². The van der Waals surface area contributed by atoms with Crippen molar-refractivity contribution in [1.29, 1.82) is 0 Å². The second-order valence-corrected chi connectivity index (χ2v) is 16.6. The zero-order valence-corrected chi connectivity index (χ0v) is 27.8. The average Bonchev–Trinajstić information content (AvgIpc) is 3.62. The number of hydrogen-bond acceptors (Lipinski definition) is 4. The number of aliphatic hydroxyl groups is 3. The zero-order chi connectivity index (χ0) is 31.1. The number of quaternary nitrogens is 1. The number of benzene rings is 1. The van der Waals surface area contributed by atoms with Gasteiger partial charge in [0.05, 0.1) is 51.0 Å². The second-order valence-electron chi connectivity index (χ2n) is 16.6. The molecule has 4 N–H and O–H groups in total. The average molecular weight is 610 g/mol. The summed E-state index contributed by atoms with van der Waals surface area (Å²) in [5.41, 5.74) is 1.30. The van der Waals surface area contributed by atoms with Gasteiger partial charge in [-0.2, -0.15) is 0 Å². The summed E-state index contributed by atoms with van der Waals surface area (Å²) in [5.74, 6) is 2.14. The fraction of sp³-hybridized carbons (Fsp3) is 0.816. The van der Waals surface area contributed by atoms with Crippen LogP contribution < -0.4 is 5.32 Å². The minimum atomic E-state index is -0.372. The normalized spacial score (nSPS) is 41.8. The van der Waals surface area contributed by atoms with E-state index in [9.17, 15) is 20.1 Å². The third-order valence-electron chi connectivity index (χ3n) is 14.5. The topological polar surface area (TPSA) is 89.8 Å². The van der Waals surface area contributed by atoms with E-state index in [1.54, 1.807) is 0 Å². The van der Waals surface area contributed by atoms with E-state index in [0.29, 0.717) is 36.0 Å². The van der Waals surface area contributed by atoms with Crippen LogP contribution in [0, 0.1) is 46.3 Å². The van der Waals surface area contributed by atoms with Crippen LogP contribution in [0.2, 0.25) is 0 Å². The Bertz CT molecular complexity index is 1120. The van der Waals surface area contributed by atoms with Crippen LogP contribution in [0.4, 0.5) is 0 Å². The highest BCUT2D eigenvalue weighted by Crippen LogP contribution is 2.68. The molecule has 4 saturated carbocycles. The molecule has 1 aliphatic heterocycles. The first-order valence-corrected chi connectivity index (χ1v) is 18.3. The van der Waals surface area contributed by atoms with E-state index in [1.165, 1.54) is 31.5 Å². The van der Waals surface area contributed by atoms with Gasteiger partial charge in [-0.1, -0.05) is 51.1 Å². The molecule has 246 valence electrons. The van der Waals surface area contributed by atoms with Crippen LogP contribution in [0.5, 0.6) is 0 Å². The summed E-state index contributed by atoms with van der Waals surface area (Å²) in [5, 5.41) is 37.1.